The Hall–Kier alpha value is -0.530. The van der Waals surface area contributed by atoms with Crippen LogP contribution in [0.15, 0.2) is 30.3 Å². The van der Waals surface area contributed by atoms with Crippen molar-refractivity contribution in [1.29, 1.82) is 0 Å². The highest BCUT2D eigenvalue weighted by atomic mass is 35.5. The van der Waals surface area contributed by atoms with Crippen LogP contribution < -0.4 is 5.32 Å². The molecule has 0 aliphatic rings. The summed E-state index contributed by atoms with van der Waals surface area (Å²) >= 11 is 0. The molecule has 0 aromatic heterocycles. The number of nitrogens with one attached hydrogen (secondary N) is 1. The maximum atomic E-state index is 3.77. The molecule has 1 rings (SSSR count). The first-order valence-electron chi connectivity index (χ1n) is 12.4. The quantitative estimate of drug-likeness (QED) is 0.219. The Morgan fingerprint density at radius 3 is 1.59 bits per heavy atom. The molecule has 1 N–H and O–H groups in total. The summed E-state index contributed by atoms with van der Waals surface area (Å²) in [5, 5.41) is 3.77. The maximum absolute atomic E-state index is 3.77. The van der Waals surface area contributed by atoms with Crippen molar-refractivity contribution in [2.45, 2.75) is 129 Å². The molecule has 1 nitrogen and oxygen atoms in total. The van der Waals surface area contributed by atoms with Gasteiger partial charge in [0.2, 0.25) is 0 Å². The average Bonchev–Trinajstić information content (AvgIpc) is 2.70. The van der Waals surface area contributed by atoms with E-state index in [0.29, 0.717) is 0 Å². The Morgan fingerprint density at radius 2 is 1.10 bits per heavy atom. The zero-order valence-corrected chi connectivity index (χ0v) is 20.6. The second-order valence-corrected chi connectivity index (χ2v) is 9.39. The molecule has 0 unspecified atom stereocenters. The molecule has 170 valence electrons. The van der Waals surface area contributed by atoms with Crippen LogP contribution in [-0.4, -0.2) is 12.1 Å². The van der Waals surface area contributed by atoms with E-state index in [0.717, 1.165) is 0 Å². The third-order valence-corrected chi connectivity index (χ3v) is 6.02. The lowest BCUT2D eigenvalue weighted by Gasteiger charge is -2.26. The van der Waals surface area contributed by atoms with E-state index in [-0.39, 0.29) is 17.9 Å². The second-order valence-electron chi connectivity index (χ2n) is 9.39. The van der Waals surface area contributed by atoms with Gasteiger partial charge in [0.25, 0.3) is 0 Å². The molecule has 0 aliphatic heterocycles. The minimum absolute atomic E-state index is 0. The first kappa shape index (κ1) is 28.5. The molecule has 0 bridgehead atoms. The van der Waals surface area contributed by atoms with Gasteiger partial charge in [0.1, 0.15) is 0 Å². The number of unbranched alkanes of at least 4 members (excludes halogenated alkanes) is 13. The molecule has 0 aliphatic carbocycles. The van der Waals surface area contributed by atoms with Crippen molar-refractivity contribution in [3.05, 3.63) is 35.9 Å². The third-order valence-electron chi connectivity index (χ3n) is 6.02. The van der Waals surface area contributed by atoms with Crippen molar-refractivity contribution < 1.29 is 0 Å². The second kappa shape index (κ2) is 19.4. The van der Waals surface area contributed by atoms with Gasteiger partial charge in [-0.25, -0.2) is 0 Å². The number of rotatable bonds is 19. The normalized spacial score (nSPS) is 11.4. The molecule has 2 heteroatoms. The predicted molar refractivity (Wildman–Crippen MR) is 134 cm³/mol. The maximum Gasteiger partial charge on any atom is 0.0128 e. The van der Waals surface area contributed by atoms with E-state index in [1.807, 2.05) is 0 Å². The molecule has 0 saturated heterocycles. The Morgan fingerprint density at radius 1 is 0.655 bits per heavy atom. The van der Waals surface area contributed by atoms with Crippen LogP contribution >= 0.6 is 12.4 Å². The molecule has 29 heavy (non-hydrogen) atoms. The highest BCUT2D eigenvalue weighted by Gasteiger charge is 2.15. The Kier molecular flexibility index (Phi) is 19.1. The summed E-state index contributed by atoms with van der Waals surface area (Å²) in [6.45, 7) is 8.16. The van der Waals surface area contributed by atoms with Crippen molar-refractivity contribution in [3.8, 4) is 0 Å². The van der Waals surface area contributed by atoms with Crippen LogP contribution in [0.4, 0.5) is 0 Å². The van der Waals surface area contributed by atoms with Crippen molar-refractivity contribution in [2.75, 3.05) is 6.54 Å². The highest BCUT2D eigenvalue weighted by molar-refractivity contribution is 5.85. The molecule has 1 aromatic rings. The van der Waals surface area contributed by atoms with E-state index in [9.17, 15) is 0 Å². The SMILES string of the molecule is CCCCCCCCCCCCCCCCNC(C)(C)CCc1ccccc1.Cl. The van der Waals surface area contributed by atoms with Gasteiger partial charge in [0.05, 0.1) is 0 Å². The first-order valence-corrected chi connectivity index (χ1v) is 12.4. The van der Waals surface area contributed by atoms with Crippen LogP contribution in [0.3, 0.4) is 0 Å². The van der Waals surface area contributed by atoms with Crippen molar-refractivity contribution >= 4 is 12.4 Å². The molecule has 0 atom stereocenters. The van der Waals surface area contributed by atoms with E-state index in [2.05, 4.69) is 56.4 Å². The van der Waals surface area contributed by atoms with Crippen LogP contribution in [0, 0.1) is 0 Å². The number of halogens is 1. The minimum Gasteiger partial charge on any atom is -0.312 e. The van der Waals surface area contributed by atoms with Crippen LogP contribution in [0.25, 0.3) is 0 Å². The lowest BCUT2D eigenvalue weighted by Crippen LogP contribution is -2.40. The molecular weight excluding hydrogens is 374 g/mol. The number of hydrogen-bond acceptors (Lipinski definition) is 1. The highest BCUT2D eigenvalue weighted by Crippen LogP contribution is 2.15. The summed E-state index contributed by atoms with van der Waals surface area (Å²) in [4.78, 5) is 0. The molecule has 1 aromatic carbocycles. The minimum atomic E-state index is 0. The van der Waals surface area contributed by atoms with Crippen molar-refractivity contribution in [1.82, 2.24) is 5.32 Å². The molecule has 0 radical (unpaired) electrons. The van der Waals surface area contributed by atoms with Gasteiger partial charge in [0.15, 0.2) is 0 Å². The van der Waals surface area contributed by atoms with Crippen molar-refractivity contribution in [3.63, 3.8) is 0 Å². The van der Waals surface area contributed by atoms with Crippen LogP contribution in [0.2, 0.25) is 0 Å². The van der Waals surface area contributed by atoms with Crippen LogP contribution in [0.5, 0.6) is 0 Å². The Bertz CT molecular complexity index is 443. The summed E-state index contributed by atoms with van der Waals surface area (Å²) in [5.74, 6) is 0. The van der Waals surface area contributed by atoms with Gasteiger partial charge in [-0.05, 0) is 45.2 Å². The van der Waals surface area contributed by atoms with Gasteiger partial charge in [-0.1, -0.05) is 121 Å². The smallest absolute Gasteiger partial charge is 0.0128 e. The average molecular weight is 424 g/mol. The van der Waals surface area contributed by atoms with Crippen molar-refractivity contribution in [2.24, 2.45) is 0 Å². The molecule has 0 heterocycles. The summed E-state index contributed by atoms with van der Waals surface area (Å²) < 4.78 is 0. The molecular formula is C27H50ClN. The van der Waals surface area contributed by atoms with Crippen LogP contribution in [-0.2, 0) is 6.42 Å². The topological polar surface area (TPSA) is 12.0 Å². The van der Waals surface area contributed by atoms with Gasteiger partial charge < -0.3 is 5.32 Å². The van der Waals surface area contributed by atoms with E-state index in [1.165, 1.54) is 115 Å². The Labute approximate surface area is 189 Å². The Balaban J connectivity index is 0.00000784. The molecule has 0 spiro atoms. The van der Waals surface area contributed by atoms with E-state index in [1.54, 1.807) is 0 Å². The largest absolute Gasteiger partial charge is 0.312 e. The zero-order valence-electron chi connectivity index (χ0n) is 19.8. The zero-order chi connectivity index (χ0) is 20.3. The van der Waals surface area contributed by atoms with E-state index in [4.69, 9.17) is 0 Å². The van der Waals surface area contributed by atoms with Gasteiger partial charge in [0, 0.05) is 5.54 Å². The number of benzene rings is 1. The summed E-state index contributed by atoms with van der Waals surface area (Å²) in [7, 11) is 0. The predicted octanol–water partition coefficient (Wildman–Crippen LogP) is 8.89. The summed E-state index contributed by atoms with van der Waals surface area (Å²) in [5.41, 5.74) is 1.70. The van der Waals surface area contributed by atoms with E-state index >= 15 is 0 Å². The lowest BCUT2D eigenvalue weighted by atomic mass is 9.95. The molecule has 0 saturated carbocycles. The fourth-order valence-electron chi connectivity index (χ4n) is 3.94. The summed E-state index contributed by atoms with van der Waals surface area (Å²) in [6.07, 6.45) is 22.4. The lowest BCUT2D eigenvalue weighted by molar-refractivity contribution is 0.357. The third kappa shape index (κ3) is 18.0. The molecule has 0 fully saturated rings. The first-order chi connectivity index (χ1) is 13.6. The number of aryl methyl sites for hydroxylation is 1. The van der Waals surface area contributed by atoms with Gasteiger partial charge in [-0.15, -0.1) is 12.4 Å². The monoisotopic (exact) mass is 423 g/mol. The summed E-state index contributed by atoms with van der Waals surface area (Å²) in [6, 6.07) is 10.9. The van der Waals surface area contributed by atoms with E-state index < -0.39 is 0 Å². The fourth-order valence-corrected chi connectivity index (χ4v) is 3.94. The van der Waals surface area contributed by atoms with Crippen LogP contribution in [0.1, 0.15) is 123 Å². The van der Waals surface area contributed by atoms with Gasteiger partial charge in [-0.2, -0.15) is 0 Å². The van der Waals surface area contributed by atoms with Gasteiger partial charge in [-0.3, -0.25) is 0 Å². The number of hydrogen-bond donors (Lipinski definition) is 1. The molecule has 0 amide bonds. The van der Waals surface area contributed by atoms with Gasteiger partial charge >= 0.3 is 0 Å². The standard InChI is InChI=1S/C27H49N.ClH/c1-4-5-6-7-8-9-10-11-12-13-14-15-16-20-25-28-27(2,3)24-23-26-21-18-17-19-22-26;/h17-19,21-22,28H,4-16,20,23-25H2,1-3H3;1H. The fraction of sp³-hybridized carbons (Fsp3) is 0.778.